The molecule has 0 radical (unpaired) electrons. The van der Waals surface area contributed by atoms with E-state index in [1.807, 2.05) is 43.3 Å². The van der Waals surface area contributed by atoms with Crippen LogP contribution in [-0.2, 0) is 6.18 Å². The van der Waals surface area contributed by atoms with Gasteiger partial charge in [0.15, 0.2) is 0 Å². The van der Waals surface area contributed by atoms with Crippen molar-refractivity contribution in [2.24, 2.45) is 0 Å². The minimum Gasteiger partial charge on any atom is -0.399 e. The number of hydrogen-bond donors (Lipinski definition) is 1. The maximum Gasteiger partial charge on any atom is 0.416 e. The number of nitrogens with two attached hydrogens (primary N) is 1. The first kappa shape index (κ1) is 22.4. The number of anilines is 1. The monoisotopic (exact) mass is 448 g/mol. The predicted octanol–water partition coefficient (Wildman–Crippen LogP) is 6.94. The Morgan fingerprint density at radius 1 is 0.879 bits per heavy atom. The summed E-state index contributed by atoms with van der Waals surface area (Å²) in [6.45, 7) is 1.97. The van der Waals surface area contributed by atoms with Gasteiger partial charge in [0.1, 0.15) is 0 Å². The third-order valence-electron chi connectivity index (χ3n) is 5.97. The molecule has 4 rings (SSSR count). The molecule has 1 amide bonds. The average Bonchev–Trinajstić information content (AvgIpc) is 2.81. The van der Waals surface area contributed by atoms with Crippen LogP contribution in [0.5, 0.6) is 0 Å². The Kier molecular flexibility index (Phi) is 5.85. The van der Waals surface area contributed by atoms with Crippen LogP contribution in [0.15, 0.2) is 84.9 Å². The van der Waals surface area contributed by atoms with Gasteiger partial charge in [0.05, 0.1) is 11.6 Å². The fourth-order valence-corrected chi connectivity index (χ4v) is 3.94. The molecule has 3 nitrogen and oxygen atoms in total. The summed E-state index contributed by atoms with van der Waals surface area (Å²) in [7, 11) is 1.76. The Labute approximate surface area is 190 Å². The van der Waals surface area contributed by atoms with Gasteiger partial charge in [-0.15, -0.1) is 0 Å². The molecule has 0 spiro atoms. The summed E-state index contributed by atoms with van der Waals surface area (Å²) in [5.41, 5.74) is 8.81. The number of alkyl halides is 3. The normalized spacial score (nSPS) is 12.5. The molecule has 0 aromatic heterocycles. The molecule has 2 N–H and O–H groups in total. The second-order valence-electron chi connectivity index (χ2n) is 8.07. The Balaban J connectivity index is 1.55. The molecule has 4 aromatic carbocycles. The smallest absolute Gasteiger partial charge is 0.399 e. The first-order valence-corrected chi connectivity index (χ1v) is 10.5. The lowest BCUT2D eigenvalue weighted by Crippen LogP contribution is -2.29. The first-order chi connectivity index (χ1) is 15.6. The zero-order chi connectivity index (χ0) is 23.8. The number of nitrogens with zero attached hydrogens (tertiary/aromatic N) is 1. The second-order valence-corrected chi connectivity index (χ2v) is 8.07. The molecule has 0 bridgehead atoms. The second kappa shape index (κ2) is 8.62. The zero-order valence-electron chi connectivity index (χ0n) is 18.2. The molecule has 33 heavy (non-hydrogen) atoms. The molecular weight excluding hydrogens is 425 g/mol. The molecule has 168 valence electrons. The highest BCUT2D eigenvalue weighted by Gasteiger charge is 2.30. The maximum absolute atomic E-state index is 13.1. The van der Waals surface area contributed by atoms with Crippen molar-refractivity contribution in [1.29, 1.82) is 0 Å². The van der Waals surface area contributed by atoms with Crippen LogP contribution < -0.4 is 5.73 Å². The summed E-state index contributed by atoms with van der Waals surface area (Å²) in [4.78, 5) is 14.8. The maximum atomic E-state index is 13.1. The average molecular weight is 448 g/mol. The van der Waals surface area contributed by atoms with Crippen molar-refractivity contribution < 1.29 is 18.0 Å². The van der Waals surface area contributed by atoms with Crippen molar-refractivity contribution in [1.82, 2.24) is 4.90 Å². The Bertz CT molecular complexity index is 1300. The highest BCUT2D eigenvalue weighted by molar-refractivity contribution is 5.95. The lowest BCUT2D eigenvalue weighted by Gasteiger charge is -2.26. The summed E-state index contributed by atoms with van der Waals surface area (Å²) < 4.78 is 38.4. The summed E-state index contributed by atoms with van der Waals surface area (Å²) in [6.07, 6.45) is -4.37. The van der Waals surface area contributed by atoms with Gasteiger partial charge in [-0.3, -0.25) is 4.79 Å². The Hall–Kier alpha value is -3.80. The standard InChI is InChI=1S/C27H23F3N2O/c1-17(24-5-3-4-21-16-23(31)14-15-25(21)24)32(2)26(33)20-8-6-18(7-9-20)19-10-12-22(13-11-19)27(28,29)30/h3-17H,31H2,1-2H3. The molecule has 1 unspecified atom stereocenters. The largest absolute Gasteiger partial charge is 0.416 e. The van der Waals surface area contributed by atoms with Crippen LogP contribution in [-0.4, -0.2) is 17.9 Å². The third-order valence-corrected chi connectivity index (χ3v) is 5.97. The molecule has 0 heterocycles. The summed E-state index contributed by atoms with van der Waals surface area (Å²) in [6, 6.07) is 23.3. The zero-order valence-corrected chi connectivity index (χ0v) is 18.2. The topological polar surface area (TPSA) is 46.3 Å². The van der Waals surface area contributed by atoms with E-state index in [0.717, 1.165) is 34.0 Å². The Morgan fingerprint density at radius 3 is 2.09 bits per heavy atom. The number of hydrogen-bond acceptors (Lipinski definition) is 2. The van der Waals surface area contributed by atoms with Gasteiger partial charge in [0.25, 0.3) is 5.91 Å². The van der Waals surface area contributed by atoms with Gasteiger partial charge in [-0.1, -0.05) is 48.5 Å². The fraction of sp³-hybridized carbons (Fsp3) is 0.148. The minimum atomic E-state index is -4.37. The number of halogens is 3. The third kappa shape index (κ3) is 4.55. The van der Waals surface area contributed by atoms with Crippen LogP contribution in [0.25, 0.3) is 21.9 Å². The number of carbonyl (C=O) groups excluding carboxylic acids is 1. The van der Waals surface area contributed by atoms with E-state index < -0.39 is 11.7 Å². The van der Waals surface area contributed by atoms with Gasteiger partial charge in [0, 0.05) is 18.3 Å². The quantitative estimate of drug-likeness (QED) is 0.344. The van der Waals surface area contributed by atoms with Crippen molar-refractivity contribution in [2.75, 3.05) is 12.8 Å². The number of amides is 1. The number of fused-ring (bicyclic) bond motifs is 1. The van der Waals surface area contributed by atoms with Crippen LogP contribution in [0.1, 0.15) is 34.5 Å². The fourth-order valence-electron chi connectivity index (χ4n) is 3.94. The summed E-state index contributed by atoms with van der Waals surface area (Å²) in [5.74, 6) is -0.145. The van der Waals surface area contributed by atoms with Gasteiger partial charge in [0.2, 0.25) is 0 Å². The molecular formula is C27H23F3N2O. The van der Waals surface area contributed by atoms with E-state index in [-0.39, 0.29) is 11.9 Å². The first-order valence-electron chi connectivity index (χ1n) is 10.5. The Morgan fingerprint density at radius 2 is 1.48 bits per heavy atom. The number of benzene rings is 4. The van der Waals surface area contributed by atoms with Crippen molar-refractivity contribution in [2.45, 2.75) is 19.1 Å². The van der Waals surface area contributed by atoms with E-state index in [1.165, 1.54) is 12.1 Å². The number of nitrogen functional groups attached to an aromatic ring is 1. The summed E-state index contributed by atoms with van der Waals surface area (Å²) in [5, 5.41) is 2.05. The molecule has 1 atom stereocenters. The van der Waals surface area contributed by atoms with Crippen LogP contribution in [0.4, 0.5) is 18.9 Å². The van der Waals surface area contributed by atoms with Crippen LogP contribution >= 0.6 is 0 Å². The summed E-state index contributed by atoms with van der Waals surface area (Å²) >= 11 is 0. The van der Waals surface area contributed by atoms with Gasteiger partial charge in [-0.05, 0) is 70.8 Å². The molecule has 6 heteroatoms. The van der Waals surface area contributed by atoms with Crippen LogP contribution in [0, 0.1) is 0 Å². The van der Waals surface area contributed by atoms with E-state index in [1.54, 1.807) is 36.2 Å². The van der Waals surface area contributed by atoms with E-state index >= 15 is 0 Å². The van der Waals surface area contributed by atoms with Gasteiger partial charge in [-0.25, -0.2) is 0 Å². The molecule has 0 aliphatic carbocycles. The number of rotatable bonds is 4. The molecule has 0 fully saturated rings. The SMILES string of the molecule is CC(c1cccc2cc(N)ccc12)N(C)C(=O)c1ccc(-c2ccc(C(F)(F)F)cc2)cc1. The van der Waals surface area contributed by atoms with Crippen molar-refractivity contribution in [3.05, 3.63) is 102 Å². The van der Waals surface area contributed by atoms with Crippen molar-refractivity contribution in [3.63, 3.8) is 0 Å². The number of carbonyl (C=O) groups is 1. The van der Waals surface area contributed by atoms with Gasteiger partial charge in [-0.2, -0.15) is 13.2 Å². The van der Waals surface area contributed by atoms with Crippen molar-refractivity contribution >= 4 is 22.4 Å². The van der Waals surface area contributed by atoms with Crippen LogP contribution in [0.3, 0.4) is 0 Å². The molecule has 4 aromatic rings. The van der Waals surface area contributed by atoms with E-state index in [4.69, 9.17) is 5.73 Å². The predicted molar refractivity (Wildman–Crippen MR) is 126 cm³/mol. The lowest BCUT2D eigenvalue weighted by molar-refractivity contribution is -0.137. The van der Waals surface area contributed by atoms with Crippen molar-refractivity contribution in [3.8, 4) is 11.1 Å². The molecule has 0 saturated carbocycles. The minimum absolute atomic E-state index is 0.145. The van der Waals surface area contributed by atoms with Gasteiger partial charge < -0.3 is 10.6 Å². The molecule has 0 aliphatic heterocycles. The molecule has 0 aliphatic rings. The van der Waals surface area contributed by atoms with Gasteiger partial charge >= 0.3 is 6.18 Å². The highest BCUT2D eigenvalue weighted by atomic mass is 19.4. The van der Waals surface area contributed by atoms with Crippen LogP contribution in [0.2, 0.25) is 0 Å². The van der Waals surface area contributed by atoms with E-state index in [0.29, 0.717) is 16.8 Å². The highest BCUT2D eigenvalue weighted by Crippen LogP contribution is 2.32. The molecule has 0 saturated heterocycles. The van der Waals surface area contributed by atoms with E-state index in [9.17, 15) is 18.0 Å². The lowest BCUT2D eigenvalue weighted by atomic mass is 9.97. The van der Waals surface area contributed by atoms with E-state index in [2.05, 4.69) is 0 Å².